The predicted octanol–water partition coefficient (Wildman–Crippen LogP) is 5.01. The van der Waals surface area contributed by atoms with Crippen molar-refractivity contribution in [3.8, 4) is 0 Å². The fourth-order valence-corrected chi connectivity index (χ4v) is 4.83. The minimum atomic E-state index is -0.674. The maximum absolute atomic E-state index is 11.2. The number of anilines is 1. The van der Waals surface area contributed by atoms with Gasteiger partial charge in [-0.2, -0.15) is 0 Å². The van der Waals surface area contributed by atoms with Crippen molar-refractivity contribution in [1.82, 2.24) is 9.97 Å². The topological polar surface area (TPSA) is 75.1 Å². The van der Waals surface area contributed by atoms with Gasteiger partial charge in [0.15, 0.2) is 0 Å². The lowest BCUT2D eigenvalue weighted by molar-refractivity contribution is -0.142. The third-order valence-corrected chi connectivity index (χ3v) is 6.47. The summed E-state index contributed by atoms with van der Waals surface area (Å²) >= 11 is 1.69. The third-order valence-electron chi connectivity index (χ3n) is 5.52. The van der Waals surface area contributed by atoms with Gasteiger partial charge < -0.3 is 10.4 Å². The van der Waals surface area contributed by atoms with E-state index in [9.17, 15) is 9.90 Å². The van der Waals surface area contributed by atoms with E-state index in [1.165, 1.54) is 10.4 Å². The first kappa shape index (κ1) is 18.9. The van der Waals surface area contributed by atoms with Gasteiger partial charge in [0.05, 0.1) is 11.3 Å². The minimum Gasteiger partial charge on any atom is -0.481 e. The van der Waals surface area contributed by atoms with Gasteiger partial charge in [0.2, 0.25) is 0 Å². The van der Waals surface area contributed by atoms with Crippen molar-refractivity contribution in [3.63, 3.8) is 0 Å². The molecule has 0 radical (unpaired) electrons. The van der Waals surface area contributed by atoms with E-state index in [0.717, 1.165) is 47.7 Å². The molecule has 1 aliphatic rings. The zero-order valence-corrected chi connectivity index (χ0v) is 16.8. The maximum atomic E-state index is 11.2. The molecule has 2 N–H and O–H groups in total. The maximum Gasteiger partial charge on any atom is 0.306 e. The van der Waals surface area contributed by atoms with E-state index in [0.29, 0.717) is 12.8 Å². The summed E-state index contributed by atoms with van der Waals surface area (Å²) in [6.07, 6.45) is 4.05. The Kier molecular flexibility index (Phi) is 5.57. The van der Waals surface area contributed by atoms with Gasteiger partial charge in [-0.05, 0) is 50.7 Å². The second-order valence-electron chi connectivity index (χ2n) is 7.56. The molecule has 3 aromatic rings. The van der Waals surface area contributed by atoms with Crippen molar-refractivity contribution in [2.45, 2.75) is 44.9 Å². The number of aliphatic carboxylic acids is 1. The molecule has 5 nitrogen and oxygen atoms in total. The van der Waals surface area contributed by atoms with Gasteiger partial charge in [-0.3, -0.25) is 4.79 Å². The second-order valence-corrected chi connectivity index (χ2v) is 8.79. The van der Waals surface area contributed by atoms with Crippen molar-refractivity contribution in [2.24, 2.45) is 5.92 Å². The van der Waals surface area contributed by atoms with Crippen LogP contribution in [0.15, 0.2) is 36.4 Å². The fraction of sp³-hybridized carbons (Fsp3) is 0.409. The Balaban J connectivity index is 1.53. The van der Waals surface area contributed by atoms with E-state index in [4.69, 9.17) is 9.97 Å². The number of hydrogen-bond acceptors (Lipinski definition) is 5. The van der Waals surface area contributed by atoms with Crippen molar-refractivity contribution in [2.75, 3.05) is 11.9 Å². The highest BCUT2D eigenvalue weighted by atomic mass is 32.1. The van der Waals surface area contributed by atoms with E-state index in [1.807, 2.05) is 6.07 Å². The number of nitrogens with one attached hydrogen (secondary N) is 1. The molecule has 146 valence electrons. The number of fused-ring (bicyclic) bond motifs is 1. The SMILES string of the molecule is Cc1cc2c(NCCc3ccccc3)nc(C3CCC(C(=O)O)CC3)nc2s1. The van der Waals surface area contributed by atoms with Crippen LogP contribution in [0.1, 0.15) is 47.9 Å². The number of carboxylic acids is 1. The highest BCUT2D eigenvalue weighted by Crippen LogP contribution is 2.37. The average Bonchev–Trinajstić information content (AvgIpc) is 3.09. The van der Waals surface area contributed by atoms with Gasteiger partial charge in [-0.1, -0.05) is 30.3 Å². The molecule has 1 aliphatic carbocycles. The summed E-state index contributed by atoms with van der Waals surface area (Å²) in [5, 5.41) is 13.8. The van der Waals surface area contributed by atoms with Crippen LogP contribution in [-0.4, -0.2) is 27.6 Å². The summed E-state index contributed by atoms with van der Waals surface area (Å²) in [5.74, 6) is 1.12. The molecule has 0 amide bonds. The first-order valence-electron chi connectivity index (χ1n) is 9.89. The molecule has 2 aromatic heterocycles. The standard InChI is InChI=1S/C22H25N3O2S/c1-14-13-18-20(23-12-11-15-5-3-2-4-6-15)24-19(25-21(18)28-14)16-7-9-17(10-8-16)22(26)27/h2-6,13,16-17H,7-12H2,1H3,(H,26,27)(H,23,24,25). The van der Waals surface area contributed by atoms with Gasteiger partial charge in [0.1, 0.15) is 16.5 Å². The monoisotopic (exact) mass is 395 g/mol. The van der Waals surface area contributed by atoms with Crippen molar-refractivity contribution < 1.29 is 9.90 Å². The lowest BCUT2D eigenvalue weighted by Crippen LogP contribution is -2.21. The van der Waals surface area contributed by atoms with Gasteiger partial charge in [-0.25, -0.2) is 9.97 Å². The second kappa shape index (κ2) is 8.27. The van der Waals surface area contributed by atoms with E-state index < -0.39 is 5.97 Å². The first-order chi connectivity index (χ1) is 13.6. The normalized spacial score (nSPS) is 19.6. The number of aryl methyl sites for hydroxylation is 1. The summed E-state index contributed by atoms with van der Waals surface area (Å²) < 4.78 is 0. The lowest BCUT2D eigenvalue weighted by Gasteiger charge is -2.25. The van der Waals surface area contributed by atoms with Crippen molar-refractivity contribution >= 4 is 33.3 Å². The van der Waals surface area contributed by atoms with Gasteiger partial charge >= 0.3 is 5.97 Å². The van der Waals surface area contributed by atoms with Crippen LogP contribution in [0.25, 0.3) is 10.2 Å². The molecular weight excluding hydrogens is 370 g/mol. The molecule has 4 rings (SSSR count). The fourth-order valence-electron chi connectivity index (χ4n) is 3.94. The zero-order chi connectivity index (χ0) is 19.5. The molecule has 2 heterocycles. The summed E-state index contributed by atoms with van der Waals surface area (Å²) in [4.78, 5) is 23.2. The Morgan fingerprint density at radius 3 is 2.64 bits per heavy atom. The molecule has 0 bridgehead atoms. The smallest absolute Gasteiger partial charge is 0.306 e. The Hall–Kier alpha value is -2.47. The summed E-state index contributed by atoms with van der Waals surface area (Å²) in [6.45, 7) is 2.91. The quantitative estimate of drug-likeness (QED) is 0.613. The van der Waals surface area contributed by atoms with Crippen molar-refractivity contribution in [1.29, 1.82) is 0 Å². The molecule has 1 saturated carbocycles. The highest BCUT2D eigenvalue weighted by molar-refractivity contribution is 7.18. The number of thiophene rings is 1. The van der Waals surface area contributed by atoms with E-state index >= 15 is 0 Å². The van der Waals surface area contributed by atoms with Crippen LogP contribution in [0.2, 0.25) is 0 Å². The largest absolute Gasteiger partial charge is 0.481 e. The number of carboxylic acid groups (broad SMARTS) is 1. The van der Waals surface area contributed by atoms with E-state index in [-0.39, 0.29) is 11.8 Å². The van der Waals surface area contributed by atoms with Crippen LogP contribution in [0.5, 0.6) is 0 Å². The number of aromatic nitrogens is 2. The molecule has 0 aliphatic heterocycles. The third kappa shape index (κ3) is 4.17. The number of carbonyl (C=O) groups is 1. The van der Waals surface area contributed by atoms with E-state index in [1.54, 1.807) is 11.3 Å². The molecule has 28 heavy (non-hydrogen) atoms. The van der Waals surface area contributed by atoms with Crippen LogP contribution in [0, 0.1) is 12.8 Å². The average molecular weight is 396 g/mol. The summed E-state index contributed by atoms with van der Waals surface area (Å²) in [6, 6.07) is 12.6. The lowest BCUT2D eigenvalue weighted by atomic mass is 9.81. The highest BCUT2D eigenvalue weighted by Gasteiger charge is 2.28. The van der Waals surface area contributed by atoms with Gasteiger partial charge in [-0.15, -0.1) is 11.3 Å². The first-order valence-corrected chi connectivity index (χ1v) is 10.7. The Bertz CT molecular complexity index is 963. The Morgan fingerprint density at radius 1 is 1.18 bits per heavy atom. The molecule has 0 atom stereocenters. The summed E-state index contributed by atoms with van der Waals surface area (Å²) in [7, 11) is 0. The van der Waals surface area contributed by atoms with Gasteiger partial charge in [0, 0.05) is 17.3 Å². The van der Waals surface area contributed by atoms with Crippen LogP contribution in [0.3, 0.4) is 0 Å². The van der Waals surface area contributed by atoms with Crippen LogP contribution in [-0.2, 0) is 11.2 Å². The molecule has 0 unspecified atom stereocenters. The van der Waals surface area contributed by atoms with Gasteiger partial charge in [0.25, 0.3) is 0 Å². The Labute approximate surface area is 168 Å². The molecule has 6 heteroatoms. The van der Waals surface area contributed by atoms with Crippen LogP contribution in [0.4, 0.5) is 5.82 Å². The summed E-state index contributed by atoms with van der Waals surface area (Å²) in [5.41, 5.74) is 1.30. The zero-order valence-electron chi connectivity index (χ0n) is 16.0. The molecule has 1 aromatic carbocycles. The van der Waals surface area contributed by atoms with E-state index in [2.05, 4.69) is 42.6 Å². The Morgan fingerprint density at radius 2 is 1.93 bits per heavy atom. The number of rotatable bonds is 6. The van der Waals surface area contributed by atoms with Crippen molar-refractivity contribution in [3.05, 3.63) is 52.7 Å². The number of nitrogens with zero attached hydrogens (tertiary/aromatic N) is 2. The predicted molar refractivity (Wildman–Crippen MR) is 113 cm³/mol. The molecular formula is C22H25N3O2S. The molecule has 0 saturated heterocycles. The molecule has 1 fully saturated rings. The number of hydrogen-bond donors (Lipinski definition) is 2. The molecule has 0 spiro atoms. The van der Waals surface area contributed by atoms with Crippen LogP contribution >= 0.6 is 11.3 Å². The number of benzene rings is 1. The van der Waals surface area contributed by atoms with Crippen LogP contribution < -0.4 is 5.32 Å². The minimum absolute atomic E-state index is 0.215.